The summed E-state index contributed by atoms with van der Waals surface area (Å²) >= 11 is 0. The highest BCUT2D eigenvalue weighted by Crippen LogP contribution is 2.32. The summed E-state index contributed by atoms with van der Waals surface area (Å²) in [4.78, 5) is 13.2. The lowest BCUT2D eigenvalue weighted by Crippen LogP contribution is -2.41. The number of carbonyl (C=O) groups excluding carboxylic acids is 1. The molecule has 0 aromatic heterocycles. The highest BCUT2D eigenvalue weighted by Gasteiger charge is 2.30. The smallest absolute Gasteiger partial charge is 0.264 e. The molecule has 3 aromatic rings. The topological polar surface area (TPSA) is 119 Å². The van der Waals surface area contributed by atoms with Crippen LogP contribution in [0.5, 0.6) is 11.5 Å². The van der Waals surface area contributed by atoms with Crippen LogP contribution in [-0.4, -0.2) is 49.8 Å². The summed E-state index contributed by atoms with van der Waals surface area (Å²) in [6, 6.07) is 18.0. The zero-order valence-electron chi connectivity index (χ0n) is 20.3. The molecule has 0 heterocycles. The number of anilines is 1. The van der Waals surface area contributed by atoms with Crippen LogP contribution in [0.15, 0.2) is 82.6 Å². The summed E-state index contributed by atoms with van der Waals surface area (Å²) in [6.07, 6.45) is 1.11. The van der Waals surface area contributed by atoms with E-state index in [2.05, 4.69) is 5.32 Å². The molecule has 0 aliphatic carbocycles. The molecule has 0 fully saturated rings. The number of sulfone groups is 1. The van der Waals surface area contributed by atoms with Gasteiger partial charge in [-0.25, -0.2) is 16.8 Å². The maximum Gasteiger partial charge on any atom is 0.264 e. The van der Waals surface area contributed by atoms with Crippen molar-refractivity contribution in [2.45, 2.75) is 22.8 Å². The Kier molecular flexibility index (Phi) is 8.26. The van der Waals surface area contributed by atoms with Crippen LogP contribution in [0.25, 0.3) is 0 Å². The minimum atomic E-state index is -4.16. The van der Waals surface area contributed by atoms with E-state index in [1.807, 2.05) is 0 Å². The van der Waals surface area contributed by atoms with Gasteiger partial charge in [-0.2, -0.15) is 0 Å². The molecule has 3 rings (SSSR count). The van der Waals surface area contributed by atoms with Gasteiger partial charge < -0.3 is 14.8 Å². The average molecular weight is 533 g/mol. The summed E-state index contributed by atoms with van der Waals surface area (Å²) in [7, 11) is -4.62. The Bertz CT molecular complexity index is 1420. The van der Waals surface area contributed by atoms with Gasteiger partial charge in [0.2, 0.25) is 5.91 Å². The van der Waals surface area contributed by atoms with E-state index in [0.717, 1.165) is 10.6 Å². The molecule has 1 amide bonds. The lowest BCUT2D eigenvalue weighted by Gasteiger charge is -2.26. The van der Waals surface area contributed by atoms with Gasteiger partial charge >= 0.3 is 0 Å². The van der Waals surface area contributed by atoms with Crippen LogP contribution in [0, 0.1) is 0 Å². The second kappa shape index (κ2) is 11.0. The van der Waals surface area contributed by atoms with Crippen LogP contribution in [0.2, 0.25) is 0 Å². The fourth-order valence-electron chi connectivity index (χ4n) is 3.51. The molecule has 0 radical (unpaired) electrons. The number of benzene rings is 3. The number of nitrogens with zero attached hydrogens (tertiary/aromatic N) is 1. The Balaban J connectivity index is 1.90. The van der Waals surface area contributed by atoms with E-state index < -0.39 is 38.4 Å². The van der Waals surface area contributed by atoms with E-state index in [4.69, 9.17) is 9.47 Å². The van der Waals surface area contributed by atoms with Crippen molar-refractivity contribution in [2.24, 2.45) is 0 Å². The van der Waals surface area contributed by atoms with Crippen LogP contribution in [0.1, 0.15) is 18.5 Å². The van der Waals surface area contributed by atoms with E-state index in [-0.39, 0.29) is 21.2 Å². The SMILES string of the molecule is COc1ccc(S(=O)(=O)N(CC(=O)N[C@H](C)c2ccc(S(C)(=O)=O)cc2)c2ccccc2OC)cc1. The van der Waals surface area contributed by atoms with E-state index in [9.17, 15) is 21.6 Å². The van der Waals surface area contributed by atoms with Crippen molar-refractivity contribution >= 4 is 31.5 Å². The van der Waals surface area contributed by atoms with Gasteiger partial charge in [-0.3, -0.25) is 9.10 Å². The number of hydrogen-bond acceptors (Lipinski definition) is 7. The Morgan fingerprint density at radius 1 is 0.861 bits per heavy atom. The lowest BCUT2D eigenvalue weighted by molar-refractivity contribution is -0.120. The molecule has 36 heavy (non-hydrogen) atoms. The molecule has 0 aliphatic rings. The molecule has 9 nitrogen and oxygen atoms in total. The number of rotatable bonds is 10. The fourth-order valence-corrected chi connectivity index (χ4v) is 5.58. The average Bonchev–Trinajstić information content (AvgIpc) is 2.86. The molecule has 0 bridgehead atoms. The summed E-state index contributed by atoms with van der Waals surface area (Å²) in [6.45, 7) is 1.21. The molecule has 3 aromatic carbocycles. The van der Waals surface area contributed by atoms with Gasteiger partial charge in [0.05, 0.1) is 35.7 Å². The molecular formula is C25H28N2O7S2. The van der Waals surface area contributed by atoms with E-state index in [1.165, 1.54) is 50.6 Å². The molecule has 0 aliphatic heterocycles. The zero-order valence-corrected chi connectivity index (χ0v) is 22.0. The third-order valence-corrected chi connectivity index (χ3v) is 8.38. The van der Waals surface area contributed by atoms with Gasteiger partial charge in [-0.1, -0.05) is 24.3 Å². The van der Waals surface area contributed by atoms with Crippen molar-refractivity contribution in [3.8, 4) is 11.5 Å². The Morgan fingerprint density at radius 2 is 1.44 bits per heavy atom. The van der Waals surface area contributed by atoms with Crippen molar-refractivity contribution in [3.63, 3.8) is 0 Å². The lowest BCUT2D eigenvalue weighted by atomic mass is 10.1. The summed E-state index contributed by atoms with van der Waals surface area (Å²) < 4.78 is 62.1. The van der Waals surface area contributed by atoms with Gasteiger partial charge in [-0.05, 0) is 61.0 Å². The number of carbonyl (C=O) groups is 1. The van der Waals surface area contributed by atoms with Crippen molar-refractivity contribution in [1.82, 2.24) is 5.32 Å². The number of hydrogen-bond donors (Lipinski definition) is 1. The largest absolute Gasteiger partial charge is 0.497 e. The molecule has 192 valence electrons. The summed E-state index contributed by atoms with van der Waals surface area (Å²) in [5.41, 5.74) is 0.869. The first-order valence-electron chi connectivity index (χ1n) is 10.9. The minimum absolute atomic E-state index is 0.0218. The third kappa shape index (κ3) is 6.16. The van der Waals surface area contributed by atoms with Gasteiger partial charge in [0, 0.05) is 6.26 Å². The quantitative estimate of drug-likeness (QED) is 0.426. The van der Waals surface area contributed by atoms with Crippen LogP contribution in [-0.2, 0) is 24.7 Å². The summed E-state index contributed by atoms with van der Waals surface area (Å²) in [5, 5.41) is 2.78. The second-order valence-electron chi connectivity index (χ2n) is 7.99. The Labute approximate surface area is 211 Å². The van der Waals surface area contributed by atoms with Crippen LogP contribution < -0.4 is 19.1 Å². The van der Waals surface area contributed by atoms with E-state index in [0.29, 0.717) is 11.3 Å². The van der Waals surface area contributed by atoms with Gasteiger partial charge in [-0.15, -0.1) is 0 Å². The zero-order chi connectivity index (χ0) is 26.5. The van der Waals surface area contributed by atoms with Crippen LogP contribution in [0.3, 0.4) is 0 Å². The van der Waals surface area contributed by atoms with E-state index in [1.54, 1.807) is 43.3 Å². The molecule has 1 N–H and O–H groups in total. The number of sulfonamides is 1. The number of methoxy groups -OCH3 is 2. The maximum absolute atomic E-state index is 13.6. The number of para-hydroxylation sites is 2. The van der Waals surface area contributed by atoms with E-state index >= 15 is 0 Å². The highest BCUT2D eigenvalue weighted by molar-refractivity contribution is 7.93. The van der Waals surface area contributed by atoms with Gasteiger partial charge in [0.1, 0.15) is 18.0 Å². The van der Waals surface area contributed by atoms with Crippen LogP contribution >= 0.6 is 0 Å². The molecule has 11 heteroatoms. The van der Waals surface area contributed by atoms with Crippen molar-refractivity contribution in [1.29, 1.82) is 0 Å². The Morgan fingerprint density at radius 3 is 2.00 bits per heavy atom. The first-order valence-corrected chi connectivity index (χ1v) is 14.2. The molecule has 0 unspecified atom stereocenters. The molecule has 0 saturated carbocycles. The van der Waals surface area contributed by atoms with Crippen molar-refractivity contribution < 1.29 is 31.1 Å². The predicted molar refractivity (Wildman–Crippen MR) is 137 cm³/mol. The van der Waals surface area contributed by atoms with Gasteiger partial charge in [0.15, 0.2) is 9.84 Å². The Hall–Kier alpha value is -3.57. The maximum atomic E-state index is 13.6. The fraction of sp³-hybridized carbons (Fsp3) is 0.240. The molecule has 1 atom stereocenters. The predicted octanol–water partition coefficient (Wildman–Crippen LogP) is 3.18. The van der Waals surface area contributed by atoms with Gasteiger partial charge in [0.25, 0.3) is 10.0 Å². The second-order valence-corrected chi connectivity index (χ2v) is 11.9. The first-order chi connectivity index (χ1) is 17.0. The summed E-state index contributed by atoms with van der Waals surface area (Å²) in [5.74, 6) is 0.218. The monoisotopic (exact) mass is 532 g/mol. The highest BCUT2D eigenvalue weighted by atomic mass is 32.2. The van der Waals surface area contributed by atoms with Crippen molar-refractivity contribution in [3.05, 3.63) is 78.4 Å². The number of nitrogens with one attached hydrogen (secondary N) is 1. The number of ether oxygens (including phenoxy) is 2. The molecule has 0 spiro atoms. The molecule has 0 saturated heterocycles. The normalized spacial score (nSPS) is 12.4. The minimum Gasteiger partial charge on any atom is -0.497 e. The standard InChI is InChI=1S/C25H28N2O7S2/c1-18(19-9-13-21(14-10-19)35(4,29)30)26-25(28)17-27(23-7-5-6-8-24(23)34-3)36(31,32)22-15-11-20(33-2)12-16-22/h5-16,18H,17H2,1-4H3,(H,26,28)/t18-/m1/s1. The third-order valence-electron chi connectivity index (χ3n) is 5.47. The molecular weight excluding hydrogens is 504 g/mol. The van der Waals surface area contributed by atoms with Crippen molar-refractivity contribution in [2.75, 3.05) is 31.3 Å². The first kappa shape index (κ1) is 27.0. The van der Waals surface area contributed by atoms with Crippen LogP contribution in [0.4, 0.5) is 5.69 Å². The number of amides is 1.